The molecule has 0 N–H and O–H groups in total. The van der Waals surface area contributed by atoms with E-state index in [0.29, 0.717) is 30.2 Å². The number of thioether (sulfide) groups is 1. The van der Waals surface area contributed by atoms with Gasteiger partial charge >= 0.3 is 0 Å². The molecule has 1 aliphatic rings. The molecule has 2 heterocycles. The maximum absolute atomic E-state index is 13.0. The van der Waals surface area contributed by atoms with Crippen molar-refractivity contribution < 1.29 is 22.7 Å². The van der Waals surface area contributed by atoms with Gasteiger partial charge in [0.15, 0.2) is 11.5 Å². The maximum atomic E-state index is 13.0. The van der Waals surface area contributed by atoms with Gasteiger partial charge in [-0.05, 0) is 30.0 Å². The quantitative estimate of drug-likeness (QED) is 0.597. The predicted molar refractivity (Wildman–Crippen MR) is 115 cm³/mol. The molecular formula is C20H25N3O5S2. The van der Waals surface area contributed by atoms with Crippen molar-refractivity contribution in [2.45, 2.75) is 16.8 Å². The summed E-state index contributed by atoms with van der Waals surface area (Å²) in [4.78, 5) is 18.9. The Bertz CT molecular complexity index is 1010. The molecule has 0 unspecified atom stereocenters. The molecule has 1 amide bonds. The van der Waals surface area contributed by atoms with Crippen LogP contribution >= 0.6 is 11.8 Å². The van der Waals surface area contributed by atoms with Gasteiger partial charge in [-0.1, -0.05) is 6.92 Å². The van der Waals surface area contributed by atoms with Crippen molar-refractivity contribution in [2.24, 2.45) is 0 Å². The molecule has 1 saturated heterocycles. The second kappa shape index (κ2) is 9.67. The van der Waals surface area contributed by atoms with E-state index in [0.717, 1.165) is 10.8 Å². The number of carbonyl (C=O) groups is 1. The monoisotopic (exact) mass is 451 g/mol. The first-order valence-corrected chi connectivity index (χ1v) is 11.9. The van der Waals surface area contributed by atoms with E-state index in [2.05, 4.69) is 4.98 Å². The van der Waals surface area contributed by atoms with Crippen LogP contribution in [0.5, 0.6) is 11.5 Å². The van der Waals surface area contributed by atoms with Gasteiger partial charge in [0.25, 0.3) is 5.91 Å². The lowest BCUT2D eigenvalue weighted by atomic mass is 10.2. The fraction of sp³-hybridized carbons (Fsp3) is 0.400. The number of aromatic nitrogens is 1. The van der Waals surface area contributed by atoms with E-state index in [9.17, 15) is 13.2 Å². The summed E-state index contributed by atoms with van der Waals surface area (Å²) >= 11 is 1.57. The van der Waals surface area contributed by atoms with E-state index in [-0.39, 0.29) is 23.9 Å². The zero-order valence-electron chi connectivity index (χ0n) is 17.2. The number of amides is 1. The highest BCUT2D eigenvalue weighted by Gasteiger charge is 2.31. The van der Waals surface area contributed by atoms with Crippen LogP contribution in [0.15, 0.2) is 46.5 Å². The van der Waals surface area contributed by atoms with Crippen LogP contribution < -0.4 is 9.47 Å². The Morgan fingerprint density at radius 1 is 1.07 bits per heavy atom. The number of piperazine rings is 1. The molecule has 0 atom stereocenters. The van der Waals surface area contributed by atoms with Crippen molar-refractivity contribution in [3.8, 4) is 11.5 Å². The van der Waals surface area contributed by atoms with Crippen LogP contribution in [0, 0.1) is 0 Å². The van der Waals surface area contributed by atoms with Gasteiger partial charge in [-0.2, -0.15) is 4.31 Å². The first kappa shape index (κ1) is 22.4. The lowest BCUT2D eigenvalue weighted by Crippen LogP contribution is -2.50. The molecule has 0 radical (unpaired) electrons. The second-order valence-electron chi connectivity index (χ2n) is 6.53. The molecule has 162 valence electrons. The molecule has 3 rings (SSSR count). The molecule has 1 aromatic heterocycles. The SMILES string of the molecule is CCSc1cc(C(=O)N2CCN(S(=O)(=O)c3ccc(OC)c(OC)c3)CC2)ccn1. The van der Waals surface area contributed by atoms with Crippen molar-refractivity contribution in [2.75, 3.05) is 46.2 Å². The Labute approximate surface area is 181 Å². The lowest BCUT2D eigenvalue weighted by molar-refractivity contribution is 0.0697. The van der Waals surface area contributed by atoms with E-state index in [4.69, 9.17) is 9.47 Å². The number of hydrogen-bond donors (Lipinski definition) is 0. The Morgan fingerprint density at radius 2 is 1.77 bits per heavy atom. The summed E-state index contributed by atoms with van der Waals surface area (Å²) in [5, 5.41) is 0.804. The van der Waals surface area contributed by atoms with Crippen molar-refractivity contribution in [3.05, 3.63) is 42.1 Å². The number of carbonyl (C=O) groups excluding carboxylic acids is 1. The summed E-state index contributed by atoms with van der Waals surface area (Å²) in [6.45, 7) is 3.13. The Kier molecular flexibility index (Phi) is 7.22. The third kappa shape index (κ3) is 4.71. The van der Waals surface area contributed by atoms with Crippen molar-refractivity contribution in [3.63, 3.8) is 0 Å². The molecule has 0 spiro atoms. The van der Waals surface area contributed by atoms with Crippen molar-refractivity contribution in [1.29, 1.82) is 0 Å². The maximum Gasteiger partial charge on any atom is 0.254 e. The highest BCUT2D eigenvalue weighted by atomic mass is 32.2. The molecular weight excluding hydrogens is 426 g/mol. The summed E-state index contributed by atoms with van der Waals surface area (Å²) < 4.78 is 37.8. The third-order valence-corrected chi connectivity index (χ3v) is 7.49. The number of hydrogen-bond acceptors (Lipinski definition) is 7. The Balaban J connectivity index is 1.70. The topological polar surface area (TPSA) is 89.0 Å². The number of sulfonamides is 1. The van der Waals surface area contributed by atoms with Gasteiger partial charge in [-0.15, -0.1) is 11.8 Å². The smallest absolute Gasteiger partial charge is 0.254 e. The minimum Gasteiger partial charge on any atom is -0.493 e. The zero-order chi connectivity index (χ0) is 21.7. The average molecular weight is 452 g/mol. The first-order valence-electron chi connectivity index (χ1n) is 9.51. The van der Waals surface area contributed by atoms with Crippen LogP contribution in [0.3, 0.4) is 0 Å². The van der Waals surface area contributed by atoms with Gasteiger partial charge in [-0.3, -0.25) is 4.79 Å². The summed E-state index contributed by atoms with van der Waals surface area (Å²) in [5.74, 6) is 1.58. The molecule has 0 aliphatic carbocycles. The van der Waals surface area contributed by atoms with Crippen LogP contribution in [-0.4, -0.2) is 74.7 Å². The normalized spacial score (nSPS) is 15.1. The number of pyridine rings is 1. The highest BCUT2D eigenvalue weighted by Crippen LogP contribution is 2.31. The number of ether oxygens (including phenoxy) is 2. The van der Waals surface area contributed by atoms with Crippen LogP contribution in [0.25, 0.3) is 0 Å². The molecule has 0 bridgehead atoms. The van der Waals surface area contributed by atoms with E-state index in [1.54, 1.807) is 41.1 Å². The van der Waals surface area contributed by atoms with E-state index >= 15 is 0 Å². The van der Waals surface area contributed by atoms with Gasteiger partial charge in [-0.25, -0.2) is 13.4 Å². The number of nitrogens with zero attached hydrogens (tertiary/aromatic N) is 3. The zero-order valence-corrected chi connectivity index (χ0v) is 18.8. The summed E-state index contributed by atoms with van der Waals surface area (Å²) in [6.07, 6.45) is 1.63. The van der Waals surface area contributed by atoms with Crippen LogP contribution in [0.1, 0.15) is 17.3 Å². The molecule has 1 aromatic carbocycles. The summed E-state index contributed by atoms with van der Waals surface area (Å²) in [5.41, 5.74) is 0.567. The molecule has 2 aromatic rings. The van der Waals surface area contributed by atoms with Crippen molar-refractivity contribution >= 4 is 27.7 Å². The van der Waals surface area contributed by atoms with E-state index in [1.807, 2.05) is 6.92 Å². The molecule has 0 saturated carbocycles. The molecule has 1 fully saturated rings. The molecule has 30 heavy (non-hydrogen) atoms. The standard InChI is InChI=1S/C20H25N3O5S2/c1-4-29-19-13-15(7-8-21-19)20(24)22-9-11-23(12-10-22)30(25,26)16-5-6-17(27-2)18(14-16)28-3/h5-8,13-14H,4,9-12H2,1-3H3. The minimum atomic E-state index is -3.70. The average Bonchev–Trinajstić information content (AvgIpc) is 2.78. The van der Waals surface area contributed by atoms with E-state index in [1.165, 1.54) is 30.7 Å². The molecule has 1 aliphatic heterocycles. The van der Waals surface area contributed by atoms with Crippen LogP contribution in [-0.2, 0) is 10.0 Å². The minimum absolute atomic E-state index is 0.112. The number of rotatable bonds is 7. The highest BCUT2D eigenvalue weighted by molar-refractivity contribution is 7.99. The number of methoxy groups -OCH3 is 2. The van der Waals surface area contributed by atoms with Crippen LogP contribution in [0.2, 0.25) is 0 Å². The van der Waals surface area contributed by atoms with E-state index < -0.39 is 10.0 Å². The first-order chi connectivity index (χ1) is 14.4. The Hall–Kier alpha value is -2.30. The van der Waals surface area contributed by atoms with Gasteiger partial charge in [0.05, 0.1) is 24.1 Å². The lowest BCUT2D eigenvalue weighted by Gasteiger charge is -2.34. The van der Waals surface area contributed by atoms with Gasteiger partial charge in [0.2, 0.25) is 10.0 Å². The molecule has 8 nitrogen and oxygen atoms in total. The fourth-order valence-electron chi connectivity index (χ4n) is 3.21. The third-order valence-electron chi connectivity index (χ3n) is 4.79. The number of benzene rings is 1. The van der Waals surface area contributed by atoms with Gasteiger partial charge < -0.3 is 14.4 Å². The van der Waals surface area contributed by atoms with Crippen LogP contribution in [0.4, 0.5) is 0 Å². The molecule has 10 heteroatoms. The second-order valence-corrected chi connectivity index (χ2v) is 9.75. The summed E-state index contributed by atoms with van der Waals surface area (Å²) in [6, 6.07) is 7.99. The predicted octanol–water partition coefficient (Wildman–Crippen LogP) is 2.36. The van der Waals surface area contributed by atoms with Gasteiger partial charge in [0.1, 0.15) is 0 Å². The Morgan fingerprint density at radius 3 is 2.40 bits per heavy atom. The largest absolute Gasteiger partial charge is 0.493 e. The van der Waals surface area contributed by atoms with Gasteiger partial charge in [0, 0.05) is 44.0 Å². The fourth-order valence-corrected chi connectivity index (χ4v) is 5.29. The summed E-state index contributed by atoms with van der Waals surface area (Å²) in [7, 11) is -0.745. The van der Waals surface area contributed by atoms with Crippen molar-refractivity contribution in [1.82, 2.24) is 14.2 Å².